The van der Waals surface area contributed by atoms with Crippen LogP contribution in [0.5, 0.6) is 0 Å². The number of alkyl halides is 3. The fourth-order valence-electron chi connectivity index (χ4n) is 4.10. The zero-order valence-electron chi connectivity index (χ0n) is 15.7. The second kappa shape index (κ2) is 7.55. The summed E-state index contributed by atoms with van der Waals surface area (Å²) in [6.45, 7) is 0.657. The number of nitrogens with zero attached hydrogens (tertiary/aromatic N) is 3. The highest BCUT2D eigenvalue weighted by atomic mass is 35.5. The molecule has 0 atom stereocenters. The largest absolute Gasteiger partial charge is 0.492 e. The van der Waals surface area contributed by atoms with Crippen LogP contribution < -0.4 is 4.90 Å². The molecule has 0 aliphatic carbocycles. The summed E-state index contributed by atoms with van der Waals surface area (Å²) in [7, 11) is 0. The SMILES string of the molecule is O=C(c1ccnc(Cl)c1)N1CC2(CCN(OC(=O)C(F)(F)F)CC2)c2ccccc21. The third kappa shape index (κ3) is 3.75. The van der Waals surface area contributed by atoms with Gasteiger partial charge in [-0.3, -0.25) is 4.79 Å². The van der Waals surface area contributed by atoms with E-state index in [0.717, 1.165) is 16.3 Å². The maximum atomic E-state index is 13.1. The first-order chi connectivity index (χ1) is 14.2. The van der Waals surface area contributed by atoms with Crippen LogP contribution in [0.3, 0.4) is 0 Å². The molecule has 4 rings (SSSR count). The highest BCUT2D eigenvalue weighted by Crippen LogP contribution is 2.47. The summed E-state index contributed by atoms with van der Waals surface area (Å²) in [6, 6.07) is 10.6. The molecule has 2 aliphatic heterocycles. The number of anilines is 1. The lowest BCUT2D eigenvalue weighted by atomic mass is 9.74. The minimum absolute atomic E-state index is 0.138. The van der Waals surface area contributed by atoms with Gasteiger partial charge >= 0.3 is 12.1 Å². The Bertz CT molecular complexity index is 991. The van der Waals surface area contributed by atoms with Gasteiger partial charge < -0.3 is 9.74 Å². The van der Waals surface area contributed by atoms with E-state index in [4.69, 9.17) is 11.6 Å². The summed E-state index contributed by atoms with van der Waals surface area (Å²) in [4.78, 5) is 34.3. The quantitative estimate of drug-likeness (QED) is 0.667. The van der Waals surface area contributed by atoms with Crippen LogP contribution in [0, 0.1) is 0 Å². The summed E-state index contributed by atoms with van der Waals surface area (Å²) in [5.41, 5.74) is 1.69. The van der Waals surface area contributed by atoms with Crippen LogP contribution in [0.1, 0.15) is 28.8 Å². The second-order valence-electron chi connectivity index (χ2n) is 7.36. The third-order valence-corrected chi connectivity index (χ3v) is 5.78. The van der Waals surface area contributed by atoms with Gasteiger partial charge in [-0.1, -0.05) is 29.8 Å². The summed E-state index contributed by atoms with van der Waals surface area (Å²) in [6.07, 6.45) is -2.70. The van der Waals surface area contributed by atoms with Crippen LogP contribution in [-0.4, -0.2) is 47.7 Å². The molecule has 1 amide bonds. The number of hydrogen-bond donors (Lipinski definition) is 0. The smallest absolute Gasteiger partial charge is 0.361 e. The maximum absolute atomic E-state index is 13.1. The van der Waals surface area contributed by atoms with Crippen molar-refractivity contribution < 1.29 is 27.6 Å². The zero-order valence-corrected chi connectivity index (χ0v) is 16.4. The predicted molar refractivity (Wildman–Crippen MR) is 102 cm³/mol. The standard InChI is InChI=1S/C20H17ClF3N3O3/c21-16-11-13(5-8-25-16)17(28)27-12-19(14-3-1-2-4-15(14)27)6-9-26(10-7-19)30-18(29)20(22,23)24/h1-5,8,11H,6-7,9-10,12H2. The number of piperidine rings is 1. The lowest BCUT2D eigenvalue weighted by molar-refractivity contribution is -0.242. The van der Waals surface area contributed by atoms with Gasteiger partial charge in [0.05, 0.1) is 0 Å². The van der Waals surface area contributed by atoms with Crippen molar-refractivity contribution in [2.24, 2.45) is 0 Å². The average molecular weight is 440 g/mol. The summed E-state index contributed by atoms with van der Waals surface area (Å²) >= 11 is 5.92. The van der Waals surface area contributed by atoms with E-state index in [0.29, 0.717) is 24.9 Å². The molecule has 1 aromatic carbocycles. The van der Waals surface area contributed by atoms with E-state index in [1.54, 1.807) is 11.0 Å². The van der Waals surface area contributed by atoms with Gasteiger partial charge in [0, 0.05) is 42.5 Å². The van der Waals surface area contributed by atoms with Gasteiger partial charge in [0.1, 0.15) is 5.15 Å². The van der Waals surface area contributed by atoms with Gasteiger partial charge in [0.25, 0.3) is 5.91 Å². The average Bonchev–Trinajstić information content (AvgIpc) is 3.03. The van der Waals surface area contributed by atoms with E-state index in [1.165, 1.54) is 12.3 Å². The molecular weight excluding hydrogens is 423 g/mol. The number of fused-ring (bicyclic) bond motifs is 2. The van der Waals surface area contributed by atoms with Gasteiger partial charge in [0.2, 0.25) is 0 Å². The fraction of sp³-hybridized carbons (Fsp3) is 0.350. The van der Waals surface area contributed by atoms with Crippen molar-refractivity contribution in [2.75, 3.05) is 24.5 Å². The highest BCUT2D eigenvalue weighted by molar-refractivity contribution is 6.29. The number of aromatic nitrogens is 1. The van der Waals surface area contributed by atoms with Crippen molar-refractivity contribution in [1.82, 2.24) is 10.0 Å². The number of para-hydroxylation sites is 1. The molecule has 1 saturated heterocycles. The minimum atomic E-state index is -5.04. The Morgan fingerprint density at radius 1 is 1.13 bits per heavy atom. The Hall–Kier alpha value is -2.65. The van der Waals surface area contributed by atoms with Crippen LogP contribution in [0.2, 0.25) is 5.15 Å². The molecule has 1 spiro atoms. The normalized spacial score (nSPS) is 18.3. The number of benzene rings is 1. The van der Waals surface area contributed by atoms with Crippen molar-refractivity contribution in [3.05, 3.63) is 58.9 Å². The molecule has 0 saturated carbocycles. The van der Waals surface area contributed by atoms with Crippen LogP contribution in [0.15, 0.2) is 42.6 Å². The molecule has 0 radical (unpaired) electrons. The summed E-state index contributed by atoms with van der Waals surface area (Å²) < 4.78 is 37.4. The number of amides is 1. The lowest BCUT2D eigenvalue weighted by Gasteiger charge is -2.38. The molecule has 2 aromatic rings. The predicted octanol–water partition coefficient (Wildman–Crippen LogP) is 3.75. The molecule has 10 heteroatoms. The first kappa shape index (κ1) is 20.6. The summed E-state index contributed by atoms with van der Waals surface area (Å²) in [5, 5.41) is 1.25. The Morgan fingerprint density at radius 3 is 2.50 bits per heavy atom. The highest BCUT2D eigenvalue weighted by Gasteiger charge is 2.48. The van der Waals surface area contributed by atoms with Crippen molar-refractivity contribution in [3.63, 3.8) is 0 Å². The van der Waals surface area contributed by atoms with Crippen molar-refractivity contribution >= 4 is 29.2 Å². The van der Waals surface area contributed by atoms with Crippen molar-refractivity contribution in [2.45, 2.75) is 24.4 Å². The van der Waals surface area contributed by atoms with Crippen molar-refractivity contribution in [3.8, 4) is 0 Å². The molecule has 0 N–H and O–H groups in total. The molecular formula is C20H17ClF3N3O3. The summed E-state index contributed by atoms with van der Waals surface area (Å²) in [5.74, 6) is -2.45. The van der Waals surface area contributed by atoms with Crippen LogP contribution in [0.4, 0.5) is 18.9 Å². The number of carbonyl (C=O) groups is 2. The number of hydrogen-bond acceptors (Lipinski definition) is 5. The van der Waals surface area contributed by atoms with E-state index < -0.39 is 17.6 Å². The minimum Gasteiger partial charge on any atom is -0.361 e. The first-order valence-corrected chi connectivity index (χ1v) is 9.64. The number of carbonyl (C=O) groups excluding carboxylic acids is 2. The second-order valence-corrected chi connectivity index (χ2v) is 7.75. The van der Waals surface area contributed by atoms with E-state index in [-0.39, 0.29) is 24.1 Å². The Balaban J connectivity index is 1.55. The van der Waals surface area contributed by atoms with E-state index in [2.05, 4.69) is 9.82 Å². The topological polar surface area (TPSA) is 62.7 Å². The van der Waals surface area contributed by atoms with Gasteiger partial charge in [0.15, 0.2) is 0 Å². The van der Waals surface area contributed by atoms with Gasteiger partial charge in [-0.05, 0) is 36.6 Å². The number of rotatable bonds is 2. The Morgan fingerprint density at radius 2 is 1.83 bits per heavy atom. The van der Waals surface area contributed by atoms with Crippen molar-refractivity contribution in [1.29, 1.82) is 0 Å². The van der Waals surface area contributed by atoms with E-state index in [1.807, 2.05) is 24.3 Å². The maximum Gasteiger partial charge on any atom is 0.492 e. The zero-order chi connectivity index (χ0) is 21.5. The van der Waals surface area contributed by atoms with Crippen LogP contribution in [0.25, 0.3) is 0 Å². The number of hydroxylamine groups is 2. The van der Waals surface area contributed by atoms with E-state index in [9.17, 15) is 22.8 Å². The number of halogens is 4. The van der Waals surface area contributed by atoms with E-state index >= 15 is 0 Å². The van der Waals surface area contributed by atoms with Gasteiger partial charge in [-0.25, -0.2) is 9.78 Å². The van der Waals surface area contributed by atoms with Crippen LogP contribution in [-0.2, 0) is 15.0 Å². The van der Waals surface area contributed by atoms with Crippen LogP contribution >= 0.6 is 11.6 Å². The molecule has 0 bridgehead atoms. The fourth-order valence-corrected chi connectivity index (χ4v) is 4.28. The molecule has 2 aliphatic rings. The lowest BCUT2D eigenvalue weighted by Crippen LogP contribution is -2.47. The third-order valence-electron chi connectivity index (χ3n) is 5.57. The van der Waals surface area contributed by atoms with Gasteiger partial charge in [-0.15, -0.1) is 5.06 Å². The molecule has 0 unspecified atom stereocenters. The number of pyridine rings is 1. The first-order valence-electron chi connectivity index (χ1n) is 9.27. The monoisotopic (exact) mass is 439 g/mol. The molecule has 1 fully saturated rings. The molecule has 3 heterocycles. The van der Waals surface area contributed by atoms with Gasteiger partial charge in [-0.2, -0.15) is 13.2 Å². The molecule has 6 nitrogen and oxygen atoms in total. The molecule has 158 valence electrons. The Labute approximate surface area is 175 Å². The molecule has 30 heavy (non-hydrogen) atoms. The molecule has 1 aromatic heterocycles. The Kier molecular flexibility index (Phi) is 5.19.